The molecule has 1 aliphatic rings. The van der Waals surface area contributed by atoms with E-state index in [4.69, 9.17) is 17.3 Å². The van der Waals surface area contributed by atoms with Crippen molar-refractivity contribution in [1.82, 2.24) is 0 Å². The molecule has 0 atom stereocenters. The van der Waals surface area contributed by atoms with Gasteiger partial charge < -0.3 is 5.73 Å². The lowest BCUT2D eigenvalue weighted by atomic mass is 9.99. The Morgan fingerprint density at radius 2 is 1.80 bits per heavy atom. The van der Waals surface area contributed by atoms with E-state index < -0.39 is 0 Å². The van der Waals surface area contributed by atoms with Crippen molar-refractivity contribution in [3.63, 3.8) is 0 Å². The van der Waals surface area contributed by atoms with Crippen LogP contribution in [0.4, 0.5) is 5.69 Å². The first-order chi connectivity index (χ1) is 14.4. The molecule has 0 aromatic heterocycles. The van der Waals surface area contributed by atoms with Crippen LogP contribution < -0.4 is 5.73 Å². The monoisotopic (exact) mass is 441 g/mol. The highest BCUT2D eigenvalue weighted by Crippen LogP contribution is 2.37. The average Bonchev–Trinajstić information content (AvgIpc) is 2.98. The zero-order chi connectivity index (χ0) is 22.3. The van der Waals surface area contributed by atoms with Gasteiger partial charge in [0.05, 0.1) is 5.02 Å². The predicted molar refractivity (Wildman–Crippen MR) is 138 cm³/mol. The number of halogens is 1. The molecule has 0 saturated carbocycles. The van der Waals surface area contributed by atoms with Gasteiger partial charge in [0, 0.05) is 16.2 Å². The molecule has 0 fully saturated rings. The van der Waals surface area contributed by atoms with Crippen molar-refractivity contribution in [1.29, 1.82) is 0 Å². The topological polar surface area (TPSA) is 26.0 Å². The molecule has 0 radical (unpaired) electrons. The molecule has 3 rings (SSSR count). The molecule has 1 aliphatic carbocycles. The molecular formula is C27H36ClNS. The maximum atomic E-state index is 6.79. The Bertz CT molecular complexity index is 927. The van der Waals surface area contributed by atoms with Gasteiger partial charge in [0.15, 0.2) is 0 Å². The molecule has 0 unspecified atom stereocenters. The second kappa shape index (κ2) is 11.7. The Kier molecular flexibility index (Phi) is 9.58. The largest absolute Gasteiger partial charge is 0.399 e. The highest BCUT2D eigenvalue weighted by atomic mass is 35.5. The maximum absolute atomic E-state index is 6.79. The summed E-state index contributed by atoms with van der Waals surface area (Å²) in [6.07, 6.45) is 6.95. The lowest BCUT2D eigenvalue weighted by Gasteiger charge is -2.14. The molecule has 0 heterocycles. The maximum Gasteiger partial charge on any atom is 0.0524 e. The van der Waals surface area contributed by atoms with E-state index in [2.05, 4.69) is 57.0 Å². The second-order valence-electron chi connectivity index (χ2n) is 7.94. The van der Waals surface area contributed by atoms with Crippen LogP contribution in [0.15, 0.2) is 41.8 Å². The van der Waals surface area contributed by atoms with Gasteiger partial charge in [-0.1, -0.05) is 74.0 Å². The summed E-state index contributed by atoms with van der Waals surface area (Å²) in [7, 11) is 0. The van der Waals surface area contributed by atoms with Crippen molar-refractivity contribution in [2.24, 2.45) is 0 Å². The van der Waals surface area contributed by atoms with E-state index in [0.717, 1.165) is 46.0 Å². The smallest absolute Gasteiger partial charge is 0.0524 e. The standard InChI is InChI=1S/C25H30ClNS.C2H6/c1-16(12-21-13-18(3)24(27)14-17(21)2)15-28-19(4)22-11-10-20-8-6-5-7-9-23(20)25(22)26;1-2/h10-11,13-15H,4-9,12,27H2,1-3H3;1-2H3/b16-15+;. The van der Waals surface area contributed by atoms with E-state index in [-0.39, 0.29) is 0 Å². The quantitative estimate of drug-likeness (QED) is 0.370. The van der Waals surface area contributed by atoms with Crippen LogP contribution in [0, 0.1) is 13.8 Å². The zero-order valence-electron chi connectivity index (χ0n) is 19.2. The summed E-state index contributed by atoms with van der Waals surface area (Å²) in [5, 5.41) is 3.11. The van der Waals surface area contributed by atoms with Gasteiger partial charge in [0.25, 0.3) is 0 Å². The van der Waals surface area contributed by atoms with E-state index in [1.54, 1.807) is 11.8 Å². The van der Waals surface area contributed by atoms with Gasteiger partial charge in [-0.2, -0.15) is 0 Å². The third kappa shape index (κ3) is 6.18. The van der Waals surface area contributed by atoms with Crippen LogP contribution >= 0.6 is 23.4 Å². The van der Waals surface area contributed by atoms with Gasteiger partial charge in [0.2, 0.25) is 0 Å². The van der Waals surface area contributed by atoms with Crippen molar-refractivity contribution in [2.75, 3.05) is 5.73 Å². The fraction of sp³-hybridized carbons (Fsp3) is 0.407. The van der Waals surface area contributed by atoms with Crippen molar-refractivity contribution < 1.29 is 0 Å². The SMILES string of the molecule is C=C(S/C=C(\C)Cc1cc(C)c(N)cc1C)c1ccc2c(c1Cl)CCCCC2.CC. The van der Waals surface area contributed by atoms with Crippen LogP contribution in [0.3, 0.4) is 0 Å². The number of anilines is 1. The summed E-state index contributed by atoms with van der Waals surface area (Å²) >= 11 is 8.46. The molecule has 0 bridgehead atoms. The molecule has 30 heavy (non-hydrogen) atoms. The normalized spacial score (nSPS) is 13.7. The van der Waals surface area contributed by atoms with Gasteiger partial charge in [-0.15, -0.1) is 0 Å². The summed E-state index contributed by atoms with van der Waals surface area (Å²) in [4.78, 5) is 1.02. The van der Waals surface area contributed by atoms with E-state index in [1.807, 2.05) is 13.8 Å². The van der Waals surface area contributed by atoms with E-state index in [9.17, 15) is 0 Å². The van der Waals surface area contributed by atoms with Gasteiger partial charge in [-0.05, 0) is 92.2 Å². The molecule has 2 aromatic rings. The highest BCUT2D eigenvalue weighted by Gasteiger charge is 2.15. The van der Waals surface area contributed by atoms with E-state index >= 15 is 0 Å². The van der Waals surface area contributed by atoms with Gasteiger partial charge in [-0.3, -0.25) is 0 Å². The fourth-order valence-electron chi connectivity index (χ4n) is 3.84. The predicted octanol–water partition coefficient (Wildman–Crippen LogP) is 8.68. The van der Waals surface area contributed by atoms with E-state index in [0.29, 0.717) is 0 Å². The number of hydrogen-bond acceptors (Lipinski definition) is 2. The van der Waals surface area contributed by atoms with Gasteiger partial charge >= 0.3 is 0 Å². The van der Waals surface area contributed by atoms with Crippen molar-refractivity contribution in [3.8, 4) is 0 Å². The summed E-state index contributed by atoms with van der Waals surface area (Å²) in [5.74, 6) is 0. The van der Waals surface area contributed by atoms with Crippen LogP contribution in [0.25, 0.3) is 4.91 Å². The first kappa shape index (κ1) is 24.6. The van der Waals surface area contributed by atoms with Crippen molar-refractivity contribution in [2.45, 2.75) is 73.1 Å². The average molecular weight is 442 g/mol. The van der Waals surface area contributed by atoms with Crippen LogP contribution in [-0.4, -0.2) is 0 Å². The molecule has 2 aromatic carbocycles. The summed E-state index contributed by atoms with van der Waals surface area (Å²) in [6.45, 7) is 14.7. The first-order valence-corrected chi connectivity index (χ1v) is 12.3. The number of aryl methyl sites for hydroxylation is 3. The molecule has 0 amide bonds. The van der Waals surface area contributed by atoms with Crippen LogP contribution in [0.2, 0.25) is 5.02 Å². The number of hydrogen-bond donors (Lipinski definition) is 1. The Morgan fingerprint density at radius 1 is 1.10 bits per heavy atom. The number of nitrogens with two attached hydrogens (primary N) is 1. The molecule has 162 valence electrons. The van der Waals surface area contributed by atoms with Crippen LogP contribution in [0.1, 0.15) is 73.4 Å². The number of fused-ring (bicyclic) bond motifs is 1. The fourth-order valence-corrected chi connectivity index (χ4v) is 5.01. The van der Waals surface area contributed by atoms with Gasteiger partial charge in [0.1, 0.15) is 0 Å². The molecular weight excluding hydrogens is 406 g/mol. The third-order valence-corrected chi connectivity index (χ3v) is 7.07. The molecule has 0 aliphatic heterocycles. The Hall–Kier alpha value is -1.64. The number of rotatable bonds is 5. The number of benzene rings is 2. The Balaban J connectivity index is 0.00000155. The van der Waals surface area contributed by atoms with Crippen LogP contribution in [0.5, 0.6) is 0 Å². The van der Waals surface area contributed by atoms with E-state index in [1.165, 1.54) is 47.1 Å². The van der Waals surface area contributed by atoms with Crippen molar-refractivity contribution in [3.05, 3.63) is 80.2 Å². The van der Waals surface area contributed by atoms with Gasteiger partial charge in [-0.25, -0.2) is 0 Å². The zero-order valence-corrected chi connectivity index (χ0v) is 20.8. The summed E-state index contributed by atoms with van der Waals surface area (Å²) < 4.78 is 0. The first-order valence-electron chi connectivity index (χ1n) is 11.0. The summed E-state index contributed by atoms with van der Waals surface area (Å²) in [5.41, 5.74) is 15.7. The minimum absolute atomic E-state index is 0.864. The molecule has 1 nitrogen and oxygen atoms in total. The van der Waals surface area contributed by atoms with Crippen molar-refractivity contribution >= 4 is 34.0 Å². The number of nitrogen functional groups attached to an aromatic ring is 1. The molecule has 3 heteroatoms. The molecule has 2 N–H and O–H groups in total. The number of thioether (sulfide) groups is 1. The minimum atomic E-state index is 0.864. The third-order valence-electron chi connectivity index (χ3n) is 5.61. The Morgan fingerprint density at radius 3 is 2.53 bits per heavy atom. The van der Waals surface area contributed by atoms with Crippen LogP contribution in [-0.2, 0) is 19.3 Å². The highest BCUT2D eigenvalue weighted by molar-refractivity contribution is 8.10. The second-order valence-corrected chi connectivity index (χ2v) is 9.28. The Labute approximate surface area is 192 Å². The lowest BCUT2D eigenvalue weighted by molar-refractivity contribution is 0.711. The molecule has 0 spiro atoms. The minimum Gasteiger partial charge on any atom is -0.399 e. The summed E-state index contributed by atoms with van der Waals surface area (Å²) in [6, 6.07) is 8.67. The lowest BCUT2D eigenvalue weighted by Crippen LogP contribution is -1.97. The number of allylic oxidation sites excluding steroid dienone is 1. The molecule has 0 saturated heterocycles.